The molecule has 1 aliphatic heterocycles. The molecule has 1 saturated heterocycles. The molecule has 4 heteroatoms. The van der Waals surface area contributed by atoms with Gasteiger partial charge in [-0.15, -0.1) is 0 Å². The largest absolute Gasteiger partial charge is 0.396 e. The molecular formula is C6H14N2OS. The molecule has 3 nitrogen and oxygen atoms in total. The van der Waals surface area contributed by atoms with E-state index in [-0.39, 0.29) is 6.10 Å². The minimum atomic E-state index is -0.0266. The van der Waals surface area contributed by atoms with Gasteiger partial charge in [-0.25, -0.2) is 0 Å². The maximum Gasteiger partial charge on any atom is 0.0588 e. The number of thiocarbonyl (C=S) groups is 1. The van der Waals surface area contributed by atoms with Crippen LogP contribution in [0.15, 0.2) is 0 Å². The second-order valence-corrected chi connectivity index (χ2v) is 2.39. The van der Waals surface area contributed by atoms with E-state index in [4.69, 9.17) is 5.11 Å². The van der Waals surface area contributed by atoms with E-state index < -0.39 is 0 Å². The summed E-state index contributed by atoms with van der Waals surface area (Å²) in [5, 5.41) is 12.0. The Morgan fingerprint density at radius 3 is 2.10 bits per heavy atom. The summed E-state index contributed by atoms with van der Waals surface area (Å²) in [6.07, 6.45) is 1.83. The quantitative estimate of drug-likeness (QED) is 0.425. The van der Waals surface area contributed by atoms with Crippen molar-refractivity contribution in [2.45, 2.75) is 18.9 Å². The first-order valence-corrected chi connectivity index (χ1v) is 3.82. The number of rotatable bonds is 0. The third kappa shape index (κ3) is 5.94. The third-order valence-corrected chi connectivity index (χ3v) is 1.31. The molecule has 0 unspecified atom stereocenters. The lowest BCUT2D eigenvalue weighted by Gasteiger charge is -2.16. The zero-order valence-electron chi connectivity index (χ0n) is 5.92. The van der Waals surface area contributed by atoms with Crippen LogP contribution < -0.4 is 11.1 Å². The van der Waals surface area contributed by atoms with Crippen LogP contribution in [-0.4, -0.2) is 29.8 Å². The fourth-order valence-corrected chi connectivity index (χ4v) is 0.807. The van der Waals surface area contributed by atoms with Crippen molar-refractivity contribution < 1.29 is 5.11 Å². The van der Waals surface area contributed by atoms with E-state index in [1.54, 1.807) is 0 Å². The highest BCUT2D eigenvalue weighted by molar-refractivity contribution is 7.78. The van der Waals surface area contributed by atoms with Gasteiger partial charge < -0.3 is 16.2 Å². The van der Waals surface area contributed by atoms with E-state index in [2.05, 4.69) is 23.3 Å². The summed E-state index contributed by atoms with van der Waals surface area (Å²) in [5.41, 5.74) is 5.62. The Morgan fingerprint density at radius 2 is 1.90 bits per heavy atom. The lowest BCUT2D eigenvalue weighted by Crippen LogP contribution is -2.30. The van der Waals surface area contributed by atoms with E-state index in [1.165, 1.54) is 0 Å². The number of nitrogens with one attached hydrogen (secondary N) is 1. The Morgan fingerprint density at radius 1 is 1.50 bits per heavy atom. The predicted molar refractivity (Wildman–Crippen MR) is 46.0 cm³/mol. The molecule has 0 aromatic carbocycles. The van der Waals surface area contributed by atoms with Crippen molar-refractivity contribution in [3.8, 4) is 0 Å². The smallest absolute Gasteiger partial charge is 0.0588 e. The maximum atomic E-state index is 8.87. The summed E-state index contributed by atoms with van der Waals surface area (Å²) in [5.74, 6) is 0. The van der Waals surface area contributed by atoms with Gasteiger partial charge in [0.05, 0.1) is 11.6 Å². The summed E-state index contributed by atoms with van der Waals surface area (Å²) in [6, 6.07) is 0. The normalized spacial score (nSPS) is 18.9. The highest BCUT2D eigenvalue weighted by Gasteiger charge is 2.06. The van der Waals surface area contributed by atoms with Gasteiger partial charge >= 0.3 is 0 Å². The summed E-state index contributed by atoms with van der Waals surface area (Å²) >= 11 is 4.05. The average Bonchev–Trinajstić information content (AvgIpc) is 1.91. The molecule has 0 atom stereocenters. The zero-order valence-corrected chi connectivity index (χ0v) is 6.73. The lowest BCUT2D eigenvalue weighted by atomic mass is 10.1. The van der Waals surface area contributed by atoms with Crippen LogP contribution in [0.1, 0.15) is 12.8 Å². The highest BCUT2D eigenvalue weighted by atomic mass is 32.1. The average molecular weight is 162 g/mol. The first kappa shape index (κ1) is 9.81. The van der Waals surface area contributed by atoms with E-state index in [9.17, 15) is 0 Å². The molecule has 0 spiro atoms. The van der Waals surface area contributed by atoms with E-state index in [0.717, 1.165) is 31.4 Å². The Kier molecular flexibility index (Phi) is 6.79. The second-order valence-electron chi connectivity index (χ2n) is 2.12. The van der Waals surface area contributed by atoms with E-state index in [0.29, 0.717) is 0 Å². The molecule has 1 fully saturated rings. The Bertz CT molecular complexity index is 83.8. The van der Waals surface area contributed by atoms with Crippen molar-refractivity contribution in [2.24, 2.45) is 5.73 Å². The van der Waals surface area contributed by atoms with Gasteiger partial charge in [-0.2, -0.15) is 0 Å². The van der Waals surface area contributed by atoms with Crippen LogP contribution in [0.3, 0.4) is 0 Å². The van der Waals surface area contributed by atoms with Crippen LogP contribution in [0.25, 0.3) is 0 Å². The number of aliphatic hydroxyl groups is 1. The van der Waals surface area contributed by atoms with Gasteiger partial charge in [-0.1, -0.05) is 12.2 Å². The van der Waals surface area contributed by atoms with Crippen LogP contribution >= 0.6 is 12.2 Å². The topological polar surface area (TPSA) is 58.3 Å². The van der Waals surface area contributed by atoms with Crippen molar-refractivity contribution >= 4 is 17.7 Å². The van der Waals surface area contributed by atoms with Crippen molar-refractivity contribution in [1.82, 2.24) is 5.32 Å². The van der Waals surface area contributed by atoms with Crippen molar-refractivity contribution in [3.63, 3.8) is 0 Å². The lowest BCUT2D eigenvalue weighted by molar-refractivity contribution is 0.137. The highest BCUT2D eigenvalue weighted by Crippen LogP contribution is 1.99. The minimum Gasteiger partial charge on any atom is -0.396 e. The van der Waals surface area contributed by atoms with E-state index in [1.807, 2.05) is 0 Å². The molecule has 0 saturated carbocycles. The molecule has 60 valence electrons. The Labute approximate surface area is 66.6 Å². The van der Waals surface area contributed by atoms with Gasteiger partial charge in [0, 0.05) is 0 Å². The third-order valence-electron chi connectivity index (χ3n) is 1.31. The molecule has 0 radical (unpaired) electrons. The summed E-state index contributed by atoms with van der Waals surface area (Å²) in [7, 11) is 0. The van der Waals surface area contributed by atoms with Gasteiger partial charge in [0.1, 0.15) is 0 Å². The van der Waals surface area contributed by atoms with Gasteiger partial charge in [-0.3, -0.25) is 0 Å². The molecule has 1 heterocycles. The summed E-state index contributed by atoms with van der Waals surface area (Å²) < 4.78 is 0. The summed E-state index contributed by atoms with van der Waals surface area (Å²) in [4.78, 5) is 0. The van der Waals surface area contributed by atoms with Gasteiger partial charge in [-0.05, 0) is 25.9 Å². The summed E-state index contributed by atoms with van der Waals surface area (Å²) in [6.45, 7) is 1.97. The number of nitrogens with two attached hydrogens (primary N) is 1. The molecular weight excluding hydrogens is 148 g/mol. The van der Waals surface area contributed by atoms with Crippen LogP contribution in [0.4, 0.5) is 0 Å². The van der Waals surface area contributed by atoms with Gasteiger partial charge in [0.25, 0.3) is 0 Å². The first-order valence-electron chi connectivity index (χ1n) is 3.35. The molecule has 4 N–H and O–H groups in total. The monoisotopic (exact) mass is 162 g/mol. The number of aliphatic hydroxyl groups excluding tert-OH is 1. The first-order chi connectivity index (χ1) is 4.81. The van der Waals surface area contributed by atoms with Crippen molar-refractivity contribution in [1.29, 1.82) is 0 Å². The predicted octanol–water partition coefficient (Wildman–Crippen LogP) is -0.367. The van der Waals surface area contributed by atoms with Crippen molar-refractivity contribution in [3.05, 3.63) is 0 Å². The maximum absolute atomic E-state index is 8.87. The van der Waals surface area contributed by atoms with Crippen LogP contribution in [0.5, 0.6) is 0 Å². The molecule has 0 aromatic rings. The minimum absolute atomic E-state index is 0.0266. The van der Waals surface area contributed by atoms with Crippen LogP contribution in [0.2, 0.25) is 0 Å². The Hall–Kier alpha value is -0.190. The molecule has 0 amide bonds. The number of piperidine rings is 1. The van der Waals surface area contributed by atoms with Crippen LogP contribution in [-0.2, 0) is 0 Å². The van der Waals surface area contributed by atoms with E-state index >= 15 is 0 Å². The molecule has 0 aliphatic carbocycles. The Balaban J connectivity index is 0.000000236. The number of hydrogen-bond acceptors (Lipinski definition) is 3. The molecule has 0 aromatic heterocycles. The van der Waals surface area contributed by atoms with Gasteiger partial charge in [0.2, 0.25) is 0 Å². The fourth-order valence-electron chi connectivity index (χ4n) is 0.807. The second kappa shape index (κ2) is 6.92. The SMILES string of the molecule is NC=S.OC1CCNCC1. The molecule has 1 rings (SSSR count). The molecule has 0 bridgehead atoms. The molecule has 1 aliphatic rings. The molecule has 10 heavy (non-hydrogen) atoms. The fraction of sp³-hybridized carbons (Fsp3) is 0.833. The van der Waals surface area contributed by atoms with Crippen molar-refractivity contribution in [2.75, 3.05) is 13.1 Å². The van der Waals surface area contributed by atoms with Crippen LogP contribution in [0, 0.1) is 0 Å². The van der Waals surface area contributed by atoms with Gasteiger partial charge in [0.15, 0.2) is 0 Å². The number of hydrogen-bond donors (Lipinski definition) is 3. The standard InChI is InChI=1S/C5H11NO.CH3NS/c7-5-1-3-6-4-2-5;2-1-3/h5-7H,1-4H2;1H,(H2,2,3). The zero-order chi connectivity index (χ0) is 7.82.